The molecule has 0 aromatic carbocycles. The highest BCUT2D eigenvalue weighted by atomic mass is 32.1. The smallest absolute Gasteiger partial charge is 0.313 e. The first-order chi connectivity index (χ1) is 7.13. The SMILES string of the molecule is CC(CO)NC(=O)C(=O)Nc1ccsc1. The number of hydrogen-bond donors (Lipinski definition) is 3. The molecule has 0 spiro atoms. The molecule has 1 unspecified atom stereocenters. The van der Waals surface area contributed by atoms with Crippen molar-refractivity contribution in [1.82, 2.24) is 5.32 Å². The first-order valence-corrected chi connectivity index (χ1v) is 5.32. The van der Waals surface area contributed by atoms with Gasteiger partial charge in [-0.05, 0) is 18.4 Å². The zero-order chi connectivity index (χ0) is 11.3. The zero-order valence-corrected chi connectivity index (χ0v) is 9.00. The van der Waals surface area contributed by atoms with Gasteiger partial charge in [-0.25, -0.2) is 0 Å². The second-order valence-electron chi connectivity index (χ2n) is 3.02. The van der Waals surface area contributed by atoms with Crippen LogP contribution in [-0.4, -0.2) is 29.6 Å². The average molecular weight is 228 g/mol. The van der Waals surface area contributed by atoms with Gasteiger partial charge in [-0.15, -0.1) is 0 Å². The molecular weight excluding hydrogens is 216 g/mol. The van der Waals surface area contributed by atoms with Crippen LogP contribution in [0.1, 0.15) is 6.92 Å². The Balaban J connectivity index is 2.44. The second-order valence-corrected chi connectivity index (χ2v) is 3.80. The van der Waals surface area contributed by atoms with Crippen molar-refractivity contribution >= 4 is 28.8 Å². The molecule has 82 valence electrons. The Bertz CT molecular complexity index is 337. The van der Waals surface area contributed by atoms with Gasteiger partial charge in [0.05, 0.1) is 12.3 Å². The molecule has 0 saturated heterocycles. The summed E-state index contributed by atoms with van der Waals surface area (Å²) in [7, 11) is 0. The molecule has 0 aliphatic rings. The van der Waals surface area contributed by atoms with Crippen molar-refractivity contribution in [3.63, 3.8) is 0 Å². The number of hydrogen-bond acceptors (Lipinski definition) is 4. The topological polar surface area (TPSA) is 78.4 Å². The minimum atomic E-state index is -0.747. The summed E-state index contributed by atoms with van der Waals surface area (Å²) in [6, 6.07) is 1.27. The number of aliphatic hydroxyl groups excluding tert-OH is 1. The molecule has 1 atom stereocenters. The molecule has 1 heterocycles. The lowest BCUT2D eigenvalue weighted by molar-refractivity contribution is -0.136. The molecule has 2 amide bonds. The van der Waals surface area contributed by atoms with Crippen molar-refractivity contribution in [3.05, 3.63) is 16.8 Å². The van der Waals surface area contributed by atoms with Crippen molar-refractivity contribution in [3.8, 4) is 0 Å². The van der Waals surface area contributed by atoms with Gasteiger partial charge in [0, 0.05) is 11.4 Å². The molecule has 0 radical (unpaired) electrons. The van der Waals surface area contributed by atoms with Gasteiger partial charge in [0.15, 0.2) is 0 Å². The fraction of sp³-hybridized carbons (Fsp3) is 0.333. The monoisotopic (exact) mass is 228 g/mol. The first-order valence-electron chi connectivity index (χ1n) is 4.38. The van der Waals surface area contributed by atoms with E-state index in [4.69, 9.17) is 5.11 Å². The summed E-state index contributed by atoms with van der Waals surface area (Å²) in [5, 5.41) is 17.0. The predicted molar refractivity (Wildman–Crippen MR) is 57.6 cm³/mol. The highest BCUT2D eigenvalue weighted by molar-refractivity contribution is 7.08. The van der Waals surface area contributed by atoms with Gasteiger partial charge in [0.2, 0.25) is 0 Å². The zero-order valence-electron chi connectivity index (χ0n) is 8.19. The molecule has 0 saturated carbocycles. The van der Waals surface area contributed by atoms with E-state index < -0.39 is 17.9 Å². The molecule has 5 nitrogen and oxygen atoms in total. The molecule has 0 aliphatic heterocycles. The molecule has 15 heavy (non-hydrogen) atoms. The van der Waals surface area contributed by atoms with E-state index in [1.54, 1.807) is 23.8 Å². The van der Waals surface area contributed by atoms with E-state index in [1.165, 1.54) is 11.3 Å². The van der Waals surface area contributed by atoms with Crippen molar-refractivity contribution in [1.29, 1.82) is 0 Å². The number of aliphatic hydroxyl groups is 1. The third-order valence-electron chi connectivity index (χ3n) is 1.64. The maximum Gasteiger partial charge on any atom is 0.313 e. The third-order valence-corrected chi connectivity index (χ3v) is 2.32. The van der Waals surface area contributed by atoms with Crippen LogP contribution in [0.3, 0.4) is 0 Å². The van der Waals surface area contributed by atoms with Crippen molar-refractivity contribution in [2.24, 2.45) is 0 Å². The van der Waals surface area contributed by atoms with Crippen LogP contribution in [-0.2, 0) is 9.59 Å². The number of thiophene rings is 1. The van der Waals surface area contributed by atoms with Gasteiger partial charge < -0.3 is 15.7 Å². The summed E-state index contributed by atoms with van der Waals surface area (Å²) >= 11 is 1.43. The summed E-state index contributed by atoms with van der Waals surface area (Å²) in [6.45, 7) is 1.41. The van der Waals surface area contributed by atoms with Crippen molar-refractivity contribution < 1.29 is 14.7 Å². The van der Waals surface area contributed by atoms with E-state index in [1.807, 2.05) is 0 Å². The molecule has 1 aromatic heterocycles. The van der Waals surface area contributed by atoms with Crippen LogP contribution in [0.2, 0.25) is 0 Å². The maximum atomic E-state index is 11.3. The largest absolute Gasteiger partial charge is 0.394 e. The number of carbonyl (C=O) groups excluding carboxylic acids is 2. The van der Waals surface area contributed by atoms with Gasteiger partial charge in [0.25, 0.3) is 0 Å². The number of rotatable bonds is 3. The van der Waals surface area contributed by atoms with E-state index in [9.17, 15) is 9.59 Å². The third kappa shape index (κ3) is 3.69. The van der Waals surface area contributed by atoms with Gasteiger partial charge in [-0.3, -0.25) is 9.59 Å². The average Bonchev–Trinajstić information content (AvgIpc) is 2.70. The van der Waals surface area contributed by atoms with Crippen LogP contribution in [0.25, 0.3) is 0 Å². The van der Waals surface area contributed by atoms with Crippen LogP contribution < -0.4 is 10.6 Å². The Hall–Kier alpha value is -1.40. The lowest BCUT2D eigenvalue weighted by Gasteiger charge is -2.09. The Kier molecular flexibility index (Phi) is 4.26. The fourth-order valence-electron chi connectivity index (χ4n) is 0.858. The molecular formula is C9H12N2O3S. The van der Waals surface area contributed by atoms with Crippen LogP contribution in [0, 0.1) is 0 Å². The van der Waals surface area contributed by atoms with Crippen LogP contribution >= 0.6 is 11.3 Å². The van der Waals surface area contributed by atoms with Crippen LogP contribution in [0.15, 0.2) is 16.8 Å². The van der Waals surface area contributed by atoms with E-state index in [0.29, 0.717) is 5.69 Å². The molecule has 3 N–H and O–H groups in total. The number of anilines is 1. The minimum absolute atomic E-state index is 0.197. The van der Waals surface area contributed by atoms with Crippen LogP contribution in [0.5, 0.6) is 0 Å². The Labute approximate surface area is 91.1 Å². The number of amides is 2. The number of nitrogens with one attached hydrogen (secondary N) is 2. The summed E-state index contributed by atoms with van der Waals surface area (Å²) in [5.74, 6) is -1.48. The normalized spacial score (nSPS) is 11.9. The van der Waals surface area contributed by atoms with Gasteiger partial charge >= 0.3 is 11.8 Å². The first kappa shape index (κ1) is 11.7. The maximum absolute atomic E-state index is 11.3. The summed E-state index contributed by atoms with van der Waals surface area (Å²) in [6.07, 6.45) is 0. The van der Waals surface area contributed by atoms with Crippen molar-refractivity contribution in [2.45, 2.75) is 13.0 Å². The molecule has 0 fully saturated rings. The summed E-state index contributed by atoms with van der Waals surface area (Å²) in [4.78, 5) is 22.5. The van der Waals surface area contributed by atoms with Crippen molar-refractivity contribution in [2.75, 3.05) is 11.9 Å². The Morgan fingerprint density at radius 1 is 1.53 bits per heavy atom. The lowest BCUT2D eigenvalue weighted by atomic mass is 10.3. The number of carbonyl (C=O) groups is 2. The van der Waals surface area contributed by atoms with Gasteiger partial charge in [0.1, 0.15) is 0 Å². The molecule has 0 bridgehead atoms. The molecule has 1 rings (SSSR count). The van der Waals surface area contributed by atoms with E-state index in [-0.39, 0.29) is 6.61 Å². The second kappa shape index (κ2) is 5.47. The van der Waals surface area contributed by atoms with Crippen LogP contribution in [0.4, 0.5) is 5.69 Å². The standard InChI is InChI=1S/C9H12N2O3S/c1-6(4-12)10-8(13)9(14)11-7-2-3-15-5-7/h2-3,5-6,12H,4H2,1H3,(H,10,13)(H,11,14). The van der Waals surface area contributed by atoms with E-state index >= 15 is 0 Å². The molecule has 6 heteroatoms. The molecule has 1 aromatic rings. The van der Waals surface area contributed by atoms with E-state index in [0.717, 1.165) is 0 Å². The molecule has 0 aliphatic carbocycles. The fourth-order valence-corrected chi connectivity index (χ4v) is 1.45. The summed E-state index contributed by atoms with van der Waals surface area (Å²) in [5.41, 5.74) is 0.594. The van der Waals surface area contributed by atoms with E-state index in [2.05, 4.69) is 10.6 Å². The Morgan fingerprint density at radius 3 is 2.80 bits per heavy atom. The lowest BCUT2D eigenvalue weighted by Crippen LogP contribution is -2.41. The highest BCUT2D eigenvalue weighted by Crippen LogP contribution is 2.11. The quantitative estimate of drug-likeness (QED) is 0.646. The van der Waals surface area contributed by atoms with Gasteiger partial charge in [-0.2, -0.15) is 11.3 Å². The summed E-state index contributed by atoms with van der Waals surface area (Å²) < 4.78 is 0. The highest BCUT2D eigenvalue weighted by Gasteiger charge is 2.15. The Morgan fingerprint density at radius 2 is 2.27 bits per heavy atom. The van der Waals surface area contributed by atoms with Gasteiger partial charge in [-0.1, -0.05) is 0 Å². The predicted octanol–water partition coefficient (Wildman–Crippen LogP) is 0.184. The minimum Gasteiger partial charge on any atom is -0.394 e.